The van der Waals surface area contributed by atoms with Crippen molar-refractivity contribution in [1.29, 1.82) is 0 Å². The molecule has 178 valence electrons. The van der Waals surface area contributed by atoms with Crippen molar-refractivity contribution in [3.8, 4) is 40.1 Å². The SMILES string of the molecule is OCC1OC(O)C(Oc2cc(O)c3cc(O)c(-c4ccc(O)c(O)c4)[o+]c3c2)C(O)C1O.[Cl-]. The number of benzene rings is 2. The summed E-state index contributed by atoms with van der Waals surface area (Å²) < 4.78 is 16.2. The smallest absolute Gasteiger partial charge is 0.402 e. The van der Waals surface area contributed by atoms with Gasteiger partial charge in [0, 0.05) is 18.2 Å². The quantitative estimate of drug-likeness (QED) is 0.143. The van der Waals surface area contributed by atoms with Gasteiger partial charge in [-0.2, -0.15) is 0 Å². The van der Waals surface area contributed by atoms with E-state index in [1.807, 2.05) is 0 Å². The van der Waals surface area contributed by atoms with E-state index in [1.54, 1.807) is 0 Å². The van der Waals surface area contributed by atoms with Crippen molar-refractivity contribution in [3.63, 3.8) is 0 Å². The van der Waals surface area contributed by atoms with E-state index in [-0.39, 0.29) is 57.7 Å². The third-order valence-corrected chi connectivity index (χ3v) is 5.17. The molecule has 2 aromatic carbocycles. The van der Waals surface area contributed by atoms with E-state index >= 15 is 0 Å². The molecule has 5 atom stereocenters. The van der Waals surface area contributed by atoms with Gasteiger partial charge in [-0.15, -0.1) is 0 Å². The van der Waals surface area contributed by atoms with Gasteiger partial charge in [-0.3, -0.25) is 0 Å². The van der Waals surface area contributed by atoms with Crippen LogP contribution in [0.25, 0.3) is 22.3 Å². The molecule has 1 aliphatic rings. The lowest BCUT2D eigenvalue weighted by atomic mass is 9.99. The van der Waals surface area contributed by atoms with Crippen LogP contribution in [-0.2, 0) is 4.74 Å². The molecular weight excluding hydrogens is 464 g/mol. The Morgan fingerprint density at radius 3 is 2.24 bits per heavy atom. The van der Waals surface area contributed by atoms with Crippen molar-refractivity contribution < 1.29 is 67.2 Å². The molecule has 1 fully saturated rings. The molecule has 11 nitrogen and oxygen atoms in total. The third-order valence-electron chi connectivity index (χ3n) is 5.17. The first-order valence-corrected chi connectivity index (χ1v) is 9.52. The fourth-order valence-corrected chi connectivity index (χ4v) is 3.48. The van der Waals surface area contributed by atoms with Gasteiger partial charge in [0.15, 0.2) is 23.9 Å². The standard InChI is InChI=1S/C21H20O11.ClH/c22-7-16-17(27)18(28)20(21(29)32-16)30-9-4-12(24)10-6-14(26)19(31-15(10)5-9)8-1-2-11(23)13(25)3-8;/h1-6,16-18,20-22,27-29H,7H2,(H3-,23,24,25,26);1H. The number of halogens is 1. The summed E-state index contributed by atoms with van der Waals surface area (Å²) in [6.07, 6.45) is -7.48. The Morgan fingerprint density at radius 2 is 1.58 bits per heavy atom. The van der Waals surface area contributed by atoms with Crippen LogP contribution in [0.2, 0.25) is 0 Å². The van der Waals surface area contributed by atoms with E-state index < -0.39 is 43.1 Å². The van der Waals surface area contributed by atoms with Gasteiger partial charge in [0.1, 0.15) is 35.2 Å². The van der Waals surface area contributed by atoms with E-state index in [0.717, 1.165) is 6.07 Å². The summed E-state index contributed by atoms with van der Waals surface area (Å²) in [7, 11) is 0. The fraction of sp³-hybridized carbons (Fsp3) is 0.286. The highest BCUT2D eigenvalue weighted by Gasteiger charge is 2.45. The van der Waals surface area contributed by atoms with Crippen LogP contribution in [0.5, 0.6) is 28.7 Å². The average molecular weight is 485 g/mol. The zero-order chi connectivity index (χ0) is 23.2. The monoisotopic (exact) mass is 484 g/mol. The van der Waals surface area contributed by atoms with Crippen LogP contribution in [0.15, 0.2) is 40.8 Å². The van der Waals surface area contributed by atoms with Crippen molar-refractivity contribution >= 4 is 11.0 Å². The number of rotatable bonds is 4. The summed E-state index contributed by atoms with van der Waals surface area (Å²) in [5, 5.41) is 79.5. The number of phenolic OH excluding ortho intramolecular Hbond substituents is 3. The highest BCUT2D eigenvalue weighted by atomic mass is 35.5. The van der Waals surface area contributed by atoms with Crippen molar-refractivity contribution in [3.05, 3.63) is 36.4 Å². The predicted octanol–water partition coefficient (Wildman–Crippen LogP) is -2.61. The number of phenols is 3. The first kappa shape index (κ1) is 24.6. The van der Waals surface area contributed by atoms with E-state index in [9.17, 15) is 35.7 Å². The van der Waals surface area contributed by atoms with E-state index in [2.05, 4.69) is 0 Å². The maximum atomic E-state index is 10.3. The molecule has 8 N–H and O–H groups in total. The molecule has 1 aliphatic heterocycles. The Morgan fingerprint density at radius 1 is 0.848 bits per heavy atom. The van der Waals surface area contributed by atoms with E-state index in [0.29, 0.717) is 0 Å². The van der Waals surface area contributed by atoms with Crippen LogP contribution in [0, 0.1) is 0 Å². The molecule has 5 unspecified atom stereocenters. The van der Waals surface area contributed by atoms with Gasteiger partial charge in [-0.25, -0.2) is 4.42 Å². The topological polar surface area (TPSA) is 192 Å². The lowest BCUT2D eigenvalue weighted by molar-refractivity contribution is -0.280. The predicted molar refractivity (Wildman–Crippen MR) is 107 cm³/mol. The maximum absolute atomic E-state index is 10.3. The van der Waals surface area contributed by atoms with Gasteiger partial charge in [0.25, 0.3) is 0 Å². The minimum atomic E-state index is -1.68. The molecular formula is C21H21ClO11. The van der Waals surface area contributed by atoms with Gasteiger partial charge >= 0.3 is 11.3 Å². The second-order valence-electron chi connectivity index (χ2n) is 7.33. The number of ether oxygens (including phenoxy) is 2. The second kappa shape index (κ2) is 9.43. The minimum absolute atomic E-state index is 0. The second-order valence-corrected chi connectivity index (χ2v) is 7.33. The average Bonchev–Trinajstić information content (AvgIpc) is 2.76. The molecule has 0 spiro atoms. The molecule has 4 rings (SSSR count). The van der Waals surface area contributed by atoms with Crippen LogP contribution in [0.3, 0.4) is 0 Å². The largest absolute Gasteiger partial charge is 1.00 e. The molecule has 0 saturated carbocycles. The molecule has 0 bridgehead atoms. The summed E-state index contributed by atoms with van der Waals surface area (Å²) in [5.74, 6) is -1.64. The number of fused-ring (bicyclic) bond motifs is 1. The molecule has 1 saturated heterocycles. The normalized spacial score (nSPS) is 24.9. The van der Waals surface area contributed by atoms with Gasteiger partial charge in [0.05, 0.1) is 18.2 Å². The number of hydrogen-bond donors (Lipinski definition) is 8. The van der Waals surface area contributed by atoms with Gasteiger partial charge in [0.2, 0.25) is 5.75 Å². The lowest BCUT2D eigenvalue weighted by Crippen LogP contribution is -3.00. The molecule has 1 aromatic heterocycles. The van der Waals surface area contributed by atoms with Crippen LogP contribution >= 0.6 is 0 Å². The van der Waals surface area contributed by atoms with Gasteiger partial charge < -0.3 is 62.7 Å². The number of aliphatic hydroxyl groups excluding tert-OH is 4. The summed E-state index contributed by atoms with van der Waals surface area (Å²) in [6.45, 7) is -0.628. The Balaban J connectivity index is 0.00000306. The highest BCUT2D eigenvalue weighted by molar-refractivity contribution is 5.88. The summed E-state index contributed by atoms with van der Waals surface area (Å²) in [6, 6.07) is 7.45. The maximum Gasteiger partial charge on any atom is 0.402 e. The van der Waals surface area contributed by atoms with Crippen molar-refractivity contribution in [2.45, 2.75) is 30.7 Å². The van der Waals surface area contributed by atoms with Crippen LogP contribution in [0.1, 0.15) is 0 Å². The van der Waals surface area contributed by atoms with E-state index in [1.165, 1.54) is 30.3 Å². The summed E-state index contributed by atoms with van der Waals surface area (Å²) in [5.41, 5.74) is 0.269. The zero-order valence-electron chi connectivity index (χ0n) is 16.7. The number of aliphatic hydroxyl groups is 4. The molecule has 0 aliphatic carbocycles. The number of hydrogen-bond acceptors (Lipinski definition) is 10. The van der Waals surface area contributed by atoms with Crippen LogP contribution in [-0.4, -0.2) is 78.2 Å². The van der Waals surface area contributed by atoms with Crippen molar-refractivity contribution in [2.75, 3.05) is 6.61 Å². The Kier molecular flexibility index (Phi) is 7.03. The molecule has 33 heavy (non-hydrogen) atoms. The molecule has 0 amide bonds. The zero-order valence-corrected chi connectivity index (χ0v) is 17.5. The molecule has 3 aromatic rings. The van der Waals surface area contributed by atoms with Crippen LogP contribution in [0.4, 0.5) is 0 Å². The third kappa shape index (κ3) is 4.55. The Labute approximate surface area is 192 Å². The first-order valence-electron chi connectivity index (χ1n) is 9.52. The first-order chi connectivity index (χ1) is 15.2. The minimum Gasteiger partial charge on any atom is -1.00 e. The van der Waals surface area contributed by atoms with Gasteiger partial charge in [-0.05, 0) is 12.1 Å². The Hall–Kier alpha value is -3.06. The number of aromatic hydroxyl groups is 4. The van der Waals surface area contributed by atoms with Gasteiger partial charge in [-0.1, -0.05) is 0 Å². The molecule has 12 heteroatoms. The van der Waals surface area contributed by atoms with Crippen LogP contribution < -0.4 is 17.1 Å². The summed E-state index contributed by atoms with van der Waals surface area (Å²) in [4.78, 5) is 0. The van der Waals surface area contributed by atoms with E-state index in [4.69, 9.17) is 19.0 Å². The lowest BCUT2D eigenvalue weighted by Gasteiger charge is -2.39. The fourth-order valence-electron chi connectivity index (χ4n) is 3.48. The summed E-state index contributed by atoms with van der Waals surface area (Å²) >= 11 is 0. The Bertz CT molecular complexity index is 1150. The molecule has 2 heterocycles. The van der Waals surface area contributed by atoms with Crippen molar-refractivity contribution in [1.82, 2.24) is 0 Å². The van der Waals surface area contributed by atoms with Crippen molar-refractivity contribution in [2.24, 2.45) is 0 Å². The highest BCUT2D eigenvalue weighted by Crippen LogP contribution is 2.41. The molecule has 0 radical (unpaired) electrons.